The first-order valence-electron chi connectivity index (χ1n) is 23.2. The van der Waals surface area contributed by atoms with Gasteiger partial charge in [0.15, 0.2) is 0 Å². The summed E-state index contributed by atoms with van der Waals surface area (Å²) < 4.78 is 62.0. The molecular weight excluding hydrogens is 1020 g/mol. The van der Waals surface area contributed by atoms with Crippen molar-refractivity contribution >= 4 is 63.7 Å². The maximum absolute atomic E-state index is 7.50. The van der Waals surface area contributed by atoms with Crippen LogP contribution in [0.25, 0.3) is 90.9 Å². The van der Waals surface area contributed by atoms with E-state index in [0.717, 1.165) is 139 Å². The molecule has 2 fully saturated rings. The molecule has 7 heterocycles. The van der Waals surface area contributed by atoms with E-state index in [4.69, 9.17) is 57.0 Å². The van der Waals surface area contributed by atoms with Crippen LogP contribution in [0.5, 0.6) is 23.0 Å². The standard InChI is InChI=1S/C48H38N4O4.2C4H8O.4CO.Al.Co/c1-53-33-13-5-29(6-14-33)45-37-21-23-39(49-37)46(30-7-15-34(54-2)16-8-30)41-25-27-43(51-41)48(32-11-19-36(56-4)20-12-32)44-28-26-42(52-44)47(40-24-22-38(45)50-40)31-9-17-35(55-3)18-10-31;2*1-2-4-5-3-1;4*1-2;;/h5-28,49,52H,1-4H3;2*1-4H2;;;;;;/q;;;;;;;2*+3. The number of aromatic nitrogens is 4. The number of nitrogens with zero attached hydrogens (tertiary/aromatic N) is 2. The largest absolute Gasteiger partial charge is 3.00 e. The van der Waals surface area contributed by atoms with Crippen LogP contribution in [0.15, 0.2) is 121 Å². The fraction of sp³-hybridized carbons (Fsp3) is 0.200. The summed E-state index contributed by atoms with van der Waals surface area (Å²) in [5.41, 5.74) is 14.8. The van der Waals surface area contributed by atoms with Crippen molar-refractivity contribution in [2.45, 2.75) is 25.7 Å². The Balaban J connectivity index is 0.000000662. The van der Waals surface area contributed by atoms with Crippen LogP contribution in [-0.2, 0) is 44.9 Å². The van der Waals surface area contributed by atoms with E-state index in [1.54, 1.807) is 28.4 Å². The average molecular weight is 1080 g/mol. The molecule has 0 unspecified atom stereocenters. The Morgan fingerprint density at radius 2 is 0.553 bits per heavy atom. The molecule has 4 aliphatic rings. The van der Waals surface area contributed by atoms with E-state index >= 15 is 0 Å². The van der Waals surface area contributed by atoms with Crippen molar-refractivity contribution in [1.82, 2.24) is 19.9 Å². The van der Waals surface area contributed by atoms with Crippen molar-refractivity contribution in [3.05, 3.63) is 171 Å². The van der Waals surface area contributed by atoms with Crippen molar-refractivity contribution in [1.29, 1.82) is 0 Å². The average Bonchev–Trinajstić information content (AvgIpc) is 4.34. The minimum Gasteiger partial charge on any atom is 3.00 e. The molecule has 0 saturated carbocycles. The van der Waals surface area contributed by atoms with Gasteiger partial charge in [-0.25, -0.2) is 9.97 Å². The predicted octanol–water partition coefficient (Wildman–Crippen LogP) is 12.4. The van der Waals surface area contributed by atoms with Crippen LogP contribution in [0.1, 0.15) is 48.5 Å². The van der Waals surface area contributed by atoms with Crippen LogP contribution in [0, 0.1) is 26.6 Å². The number of hydrogen-bond donors (Lipinski definition) is 2. The number of hydrogen-bond acceptors (Lipinski definition) is 8. The van der Waals surface area contributed by atoms with Crippen molar-refractivity contribution in [2.75, 3.05) is 54.9 Å². The third-order valence-corrected chi connectivity index (χ3v) is 11.9. The molecule has 76 heavy (non-hydrogen) atoms. The van der Waals surface area contributed by atoms with Crippen LogP contribution >= 0.6 is 0 Å². The number of benzene rings is 4. The molecule has 0 radical (unpaired) electrons. The van der Waals surface area contributed by atoms with Gasteiger partial charge in [-0.2, -0.15) is 0 Å². The maximum atomic E-state index is 7.50. The summed E-state index contributed by atoms with van der Waals surface area (Å²) in [4.78, 5) is 18.4. The normalized spacial score (nSPS) is 11.9. The second kappa shape index (κ2) is 33.5. The van der Waals surface area contributed by atoms with Crippen LogP contribution in [0.3, 0.4) is 0 Å². The van der Waals surface area contributed by atoms with Gasteiger partial charge in [-0.15, -0.1) is 0 Å². The zero-order chi connectivity index (χ0) is 53.2. The van der Waals surface area contributed by atoms with Crippen molar-refractivity contribution in [3.63, 3.8) is 0 Å². The Kier molecular flexibility index (Phi) is 27.7. The second-order valence-corrected chi connectivity index (χ2v) is 16.1. The number of methoxy groups -OCH3 is 4. The molecule has 0 amide bonds. The van der Waals surface area contributed by atoms with E-state index in [1.807, 2.05) is 48.5 Å². The Labute approximate surface area is 463 Å². The summed E-state index contributed by atoms with van der Waals surface area (Å²) in [6, 6.07) is 40.9. The van der Waals surface area contributed by atoms with Gasteiger partial charge in [-0.1, -0.05) is 48.5 Å². The van der Waals surface area contributed by atoms with E-state index < -0.39 is 0 Å². The van der Waals surface area contributed by atoms with E-state index in [1.165, 1.54) is 25.7 Å². The summed E-state index contributed by atoms with van der Waals surface area (Å²) in [6.07, 6.45) is 13.5. The summed E-state index contributed by atoms with van der Waals surface area (Å²) >= 11 is 0. The van der Waals surface area contributed by atoms with Gasteiger partial charge in [-0.05, 0) is 145 Å². The molecule has 16 heteroatoms. The summed E-state index contributed by atoms with van der Waals surface area (Å²) in [7, 11) is 6.71. The minimum atomic E-state index is 0. The molecule has 11 rings (SSSR count). The number of nitrogens with one attached hydrogen (secondary N) is 2. The monoisotopic (exact) mass is 1080 g/mol. The third-order valence-electron chi connectivity index (χ3n) is 11.9. The van der Waals surface area contributed by atoms with E-state index in [-0.39, 0.29) is 34.1 Å². The van der Waals surface area contributed by atoms with E-state index in [0.29, 0.717) is 0 Å². The van der Waals surface area contributed by atoms with Crippen molar-refractivity contribution in [3.8, 4) is 67.5 Å². The molecule has 2 saturated heterocycles. The summed E-state index contributed by atoms with van der Waals surface area (Å²) in [5, 5.41) is 0. The summed E-state index contributed by atoms with van der Waals surface area (Å²) in [6.45, 7) is 22.0. The molecule has 3 aromatic heterocycles. The van der Waals surface area contributed by atoms with Crippen LogP contribution < -0.4 is 18.9 Å². The van der Waals surface area contributed by atoms with Crippen LogP contribution in [-0.4, -0.2) is 92.2 Å². The quantitative estimate of drug-likeness (QED) is 0.0852. The topological polar surface area (TPSA) is 192 Å². The first-order chi connectivity index (χ1) is 36.5. The van der Waals surface area contributed by atoms with Crippen LogP contribution in [0.2, 0.25) is 0 Å². The number of H-pyrrole nitrogens is 2. The van der Waals surface area contributed by atoms with E-state index in [2.05, 4.69) is 134 Å². The number of fused-ring (bicyclic) bond motifs is 8. The molecule has 4 aromatic carbocycles. The van der Waals surface area contributed by atoms with Gasteiger partial charge in [-0.3, -0.25) is 0 Å². The molecule has 8 bridgehead atoms. The fourth-order valence-corrected chi connectivity index (χ4v) is 8.47. The SMILES string of the molecule is C1CCOC1.C1CCOC1.COc1ccc(-c2c3nc(c(-c4ccc(OC)cc4)c4ccc([nH]4)c(-c4ccc(OC)cc4)c4nc(c(-c5ccc(OC)cc5)c5ccc2[nH]5)C=C4)C=C3)cc1.[Al+3].[C-]#[O+].[C-]#[O+].[C-]#[O+].[C-]#[O+].[Co+3]. The Morgan fingerprint density at radius 1 is 0.355 bits per heavy atom. The molecule has 2 N–H and O–H groups in total. The molecule has 0 spiro atoms. The predicted molar refractivity (Wildman–Crippen MR) is 288 cm³/mol. The zero-order valence-corrected chi connectivity index (χ0v) is 44.6. The fourth-order valence-electron chi connectivity index (χ4n) is 8.47. The van der Waals surface area contributed by atoms with Gasteiger partial charge in [0.2, 0.25) is 0 Å². The maximum Gasteiger partial charge on any atom is 3.00 e. The number of ether oxygens (including phenoxy) is 6. The molecule has 0 atom stereocenters. The van der Waals surface area contributed by atoms with Gasteiger partial charge in [0.25, 0.3) is 0 Å². The van der Waals surface area contributed by atoms with Gasteiger partial charge < -0.3 is 38.4 Å². The third kappa shape index (κ3) is 15.8. The summed E-state index contributed by atoms with van der Waals surface area (Å²) in [5.74, 6) is 3.12. The van der Waals surface area contributed by atoms with Gasteiger partial charge >= 0.3 is 79.4 Å². The van der Waals surface area contributed by atoms with Crippen LogP contribution in [0.4, 0.5) is 0 Å². The van der Waals surface area contributed by atoms with Gasteiger partial charge in [0.05, 0.1) is 51.2 Å². The molecule has 14 nitrogen and oxygen atoms in total. The molecule has 380 valence electrons. The Morgan fingerprint density at radius 3 is 0.711 bits per heavy atom. The number of rotatable bonds is 8. The van der Waals surface area contributed by atoms with Crippen molar-refractivity contribution < 1.29 is 63.8 Å². The van der Waals surface area contributed by atoms with E-state index in [9.17, 15) is 0 Å². The first-order valence-corrected chi connectivity index (χ1v) is 23.2. The Bertz CT molecular complexity index is 2800. The minimum absolute atomic E-state index is 0. The van der Waals surface area contributed by atoms with Gasteiger partial charge in [0, 0.05) is 70.7 Å². The second-order valence-electron chi connectivity index (χ2n) is 16.1. The first kappa shape index (κ1) is 62.9. The zero-order valence-electron chi connectivity index (χ0n) is 42.4. The molecule has 0 aliphatic carbocycles. The molecular formula is C60H54AlCoN4O10+6. The molecule has 7 aromatic rings. The van der Waals surface area contributed by atoms with Gasteiger partial charge in [0.1, 0.15) is 23.0 Å². The number of aromatic amines is 2. The van der Waals surface area contributed by atoms with Crippen molar-refractivity contribution in [2.24, 2.45) is 0 Å². The smallest absolute Gasteiger partial charge is 3.00 e. The molecule has 4 aliphatic heterocycles. The Hall–Kier alpha value is -7.40.